The Balaban J connectivity index is 5.12. The summed E-state index contributed by atoms with van der Waals surface area (Å²) in [5, 5.41) is 0. The molecule has 0 saturated carbocycles. The summed E-state index contributed by atoms with van der Waals surface area (Å²) in [6.45, 7) is 7.63. The first kappa shape index (κ1) is 34.9. The van der Waals surface area contributed by atoms with Gasteiger partial charge in [-0.1, -0.05) is 0 Å². The molecule has 0 amide bonds. The largest absolute Gasteiger partial charge is 0.460 e. The highest BCUT2D eigenvalue weighted by atomic mass is 28.4. The lowest BCUT2D eigenvalue weighted by Crippen LogP contribution is -2.71. The van der Waals surface area contributed by atoms with Gasteiger partial charge in [0.15, 0.2) is 16.6 Å². The lowest BCUT2D eigenvalue weighted by atomic mass is 9.94. The molecule has 216 valence electrons. The van der Waals surface area contributed by atoms with E-state index in [-0.39, 0.29) is 6.61 Å². The number of carbonyl (C=O) groups is 1. The second kappa shape index (κ2) is 11.0. The Morgan fingerprint density at radius 3 is 1.50 bits per heavy atom. The molecule has 0 unspecified atom stereocenters. The number of hydrogen-bond donors (Lipinski definition) is 0. The maximum absolute atomic E-state index is 13.6. The smallest absolute Gasteiger partial charge is 0.459 e. The summed E-state index contributed by atoms with van der Waals surface area (Å²) in [5.74, 6) is -42.2. The van der Waals surface area contributed by atoms with Gasteiger partial charge in [-0.2, -0.15) is 57.1 Å². The summed E-state index contributed by atoms with van der Waals surface area (Å²) in [4.78, 5) is 11.2. The molecule has 0 aliphatic rings. The van der Waals surface area contributed by atoms with Gasteiger partial charge in [0.25, 0.3) is 0 Å². The van der Waals surface area contributed by atoms with Gasteiger partial charge < -0.3 is 13.6 Å². The molecule has 0 heterocycles. The zero-order valence-electron chi connectivity index (χ0n) is 19.6. The molecule has 0 saturated heterocycles. The lowest BCUT2D eigenvalue weighted by molar-refractivity contribution is -0.437. The van der Waals surface area contributed by atoms with E-state index in [0.717, 1.165) is 0 Å². The van der Waals surface area contributed by atoms with Crippen LogP contribution in [0.4, 0.5) is 57.1 Å². The summed E-state index contributed by atoms with van der Waals surface area (Å²) in [6.07, 6.45) is -7.15. The van der Waals surface area contributed by atoms with Crippen LogP contribution in [0.3, 0.4) is 0 Å². The summed E-state index contributed by atoms with van der Waals surface area (Å²) in [5.41, 5.74) is 0. The second-order valence-electron chi connectivity index (χ2n) is 9.20. The fourth-order valence-electron chi connectivity index (χ4n) is 2.76. The topological polar surface area (TPSA) is 44.8 Å². The van der Waals surface area contributed by atoms with E-state index in [9.17, 15) is 61.9 Å². The number of rotatable bonds is 14. The zero-order chi connectivity index (χ0) is 29.2. The van der Waals surface area contributed by atoms with Crippen LogP contribution in [0.5, 0.6) is 0 Å². The van der Waals surface area contributed by atoms with E-state index in [1.807, 2.05) is 32.7 Å². The van der Waals surface area contributed by atoms with Crippen molar-refractivity contribution >= 4 is 22.6 Å². The molecule has 0 radical (unpaired) electrons. The van der Waals surface area contributed by atoms with E-state index >= 15 is 0 Å². The van der Waals surface area contributed by atoms with E-state index in [0.29, 0.717) is 12.5 Å². The van der Waals surface area contributed by atoms with Crippen molar-refractivity contribution in [2.45, 2.75) is 81.0 Å². The van der Waals surface area contributed by atoms with Crippen molar-refractivity contribution in [3.63, 3.8) is 0 Å². The Labute approximate surface area is 199 Å². The van der Waals surface area contributed by atoms with Gasteiger partial charge >= 0.3 is 41.8 Å². The predicted octanol–water partition coefficient (Wildman–Crippen LogP) is 6.73. The van der Waals surface area contributed by atoms with Crippen LogP contribution in [0.2, 0.25) is 38.8 Å². The third-order valence-corrected chi connectivity index (χ3v) is 10.5. The molecule has 0 bridgehead atoms. The molecule has 0 N–H and O–H groups in total. The van der Waals surface area contributed by atoms with E-state index < -0.39 is 71.6 Å². The number of alkyl halides is 13. The molecule has 4 nitrogen and oxygen atoms in total. The molecule has 0 atom stereocenters. The molecule has 0 aliphatic heterocycles. The average Bonchev–Trinajstić information content (AvgIpc) is 2.63. The van der Waals surface area contributed by atoms with E-state index in [1.165, 1.54) is 0 Å². The SMILES string of the molecule is C[Si](C)(C)O[Si](C)(C)CCCOCCOC(=O)C(F)(F)C(F)(F)C(F)(F)C(F)(F)C(F)(F)C(F)(F)F. The first-order chi connectivity index (χ1) is 15.6. The van der Waals surface area contributed by atoms with Crippen molar-refractivity contribution in [3.8, 4) is 0 Å². The number of carbonyl (C=O) groups excluding carboxylic acids is 1. The second-order valence-corrected chi connectivity index (χ2v) is 18.3. The van der Waals surface area contributed by atoms with Crippen LogP contribution in [0.15, 0.2) is 0 Å². The lowest BCUT2D eigenvalue weighted by Gasteiger charge is -2.38. The molecule has 0 aliphatic carbocycles. The normalized spacial score (nSPS) is 15.3. The van der Waals surface area contributed by atoms with Crippen LogP contribution < -0.4 is 0 Å². The Bertz CT molecular complexity index is 750. The Hall–Kier alpha value is -1.09. The molecular formula is C17H25F13O4Si2. The molecule has 0 aromatic heterocycles. The molecule has 0 aromatic carbocycles. The van der Waals surface area contributed by atoms with Crippen molar-refractivity contribution in [3.05, 3.63) is 0 Å². The highest BCUT2D eigenvalue weighted by Crippen LogP contribution is 2.60. The summed E-state index contributed by atoms with van der Waals surface area (Å²) in [6, 6.07) is 0.577. The minimum atomic E-state index is -8.08. The van der Waals surface area contributed by atoms with Crippen molar-refractivity contribution in [2.75, 3.05) is 19.8 Å². The fourth-order valence-corrected chi connectivity index (χ4v) is 10.8. The monoisotopic (exact) mass is 596 g/mol. The van der Waals surface area contributed by atoms with Crippen LogP contribution in [-0.4, -0.2) is 78.2 Å². The standard InChI is InChI=1S/C17H25F13O4Si2/c1-35(2,3)34-36(4,5)10-6-7-32-8-9-33-11(31)12(18,19)13(20,21)14(22,23)15(24,25)16(26,27)17(28,29)30/h6-10H2,1-5H3. The van der Waals surface area contributed by atoms with E-state index in [2.05, 4.69) is 4.74 Å². The van der Waals surface area contributed by atoms with Crippen LogP contribution >= 0.6 is 0 Å². The summed E-state index contributed by atoms with van der Waals surface area (Å²) in [7, 11) is -3.90. The molecule has 0 rings (SSSR count). The Morgan fingerprint density at radius 1 is 0.639 bits per heavy atom. The highest BCUT2D eigenvalue weighted by Gasteiger charge is 2.92. The van der Waals surface area contributed by atoms with Gasteiger partial charge in [0.05, 0.1) is 6.61 Å². The van der Waals surface area contributed by atoms with Gasteiger partial charge in [-0.25, -0.2) is 4.79 Å². The summed E-state index contributed by atoms with van der Waals surface area (Å²) < 4.78 is 183. The molecular weight excluding hydrogens is 571 g/mol. The van der Waals surface area contributed by atoms with Crippen molar-refractivity contribution in [2.24, 2.45) is 0 Å². The van der Waals surface area contributed by atoms with Crippen LogP contribution in [0.25, 0.3) is 0 Å². The third-order valence-electron chi connectivity index (χ3n) is 4.30. The third kappa shape index (κ3) is 7.49. The van der Waals surface area contributed by atoms with Crippen LogP contribution in [-0.2, 0) is 18.4 Å². The molecule has 0 spiro atoms. The molecule has 36 heavy (non-hydrogen) atoms. The minimum absolute atomic E-state index is 0.0631. The fraction of sp³-hybridized carbons (Fsp3) is 0.941. The molecule has 0 aromatic rings. The maximum atomic E-state index is 13.6. The predicted molar refractivity (Wildman–Crippen MR) is 104 cm³/mol. The van der Waals surface area contributed by atoms with Gasteiger partial charge in [0.2, 0.25) is 0 Å². The van der Waals surface area contributed by atoms with Gasteiger partial charge in [-0.3, -0.25) is 0 Å². The number of hydrogen-bond acceptors (Lipinski definition) is 4. The number of esters is 1. The minimum Gasteiger partial charge on any atom is -0.459 e. The first-order valence-electron chi connectivity index (χ1n) is 9.99. The maximum Gasteiger partial charge on any atom is 0.460 e. The average molecular weight is 597 g/mol. The van der Waals surface area contributed by atoms with E-state index in [4.69, 9.17) is 8.85 Å². The number of ether oxygens (including phenoxy) is 2. The highest BCUT2D eigenvalue weighted by molar-refractivity contribution is 6.84. The zero-order valence-corrected chi connectivity index (χ0v) is 21.6. The molecule has 0 fully saturated rings. The Morgan fingerprint density at radius 2 is 1.08 bits per heavy atom. The van der Waals surface area contributed by atoms with Crippen molar-refractivity contribution in [1.82, 2.24) is 0 Å². The van der Waals surface area contributed by atoms with Crippen molar-refractivity contribution in [1.29, 1.82) is 0 Å². The Kier molecular flexibility index (Phi) is 10.6. The number of halogens is 13. The van der Waals surface area contributed by atoms with Gasteiger partial charge in [0, 0.05) is 6.61 Å². The first-order valence-corrected chi connectivity index (χ1v) is 16.5. The van der Waals surface area contributed by atoms with Gasteiger partial charge in [-0.15, -0.1) is 0 Å². The quantitative estimate of drug-likeness (QED) is 0.0966. The van der Waals surface area contributed by atoms with Crippen LogP contribution in [0.1, 0.15) is 6.42 Å². The van der Waals surface area contributed by atoms with Gasteiger partial charge in [0.1, 0.15) is 6.61 Å². The van der Waals surface area contributed by atoms with Crippen molar-refractivity contribution < 1.29 is 75.5 Å². The summed E-state index contributed by atoms with van der Waals surface area (Å²) >= 11 is 0. The molecule has 19 heteroatoms. The van der Waals surface area contributed by atoms with E-state index in [1.54, 1.807) is 0 Å². The van der Waals surface area contributed by atoms with Crippen LogP contribution in [0, 0.1) is 0 Å². The van der Waals surface area contributed by atoms with Gasteiger partial charge in [-0.05, 0) is 45.2 Å².